The van der Waals surface area contributed by atoms with Crippen LogP contribution >= 0.6 is 11.3 Å². The number of rotatable bonds is 6. The Morgan fingerprint density at radius 3 is 2.09 bits per heavy atom. The van der Waals surface area contributed by atoms with E-state index in [1.165, 1.54) is 16.7 Å². The van der Waals surface area contributed by atoms with Crippen molar-refractivity contribution < 1.29 is 0 Å². The molecule has 5 rings (SSSR count). The van der Waals surface area contributed by atoms with Gasteiger partial charge in [0.1, 0.15) is 0 Å². The van der Waals surface area contributed by atoms with E-state index in [1.807, 2.05) is 48.0 Å². The van der Waals surface area contributed by atoms with Gasteiger partial charge in [-0.3, -0.25) is 9.98 Å². The van der Waals surface area contributed by atoms with Crippen LogP contribution in [-0.2, 0) is 6.54 Å². The molecule has 0 unspecified atom stereocenters. The first-order valence-corrected chi connectivity index (χ1v) is 12.0. The first kappa shape index (κ1) is 21.7. The van der Waals surface area contributed by atoms with Crippen molar-refractivity contribution in [3.63, 3.8) is 0 Å². The molecule has 0 aliphatic carbocycles. The summed E-state index contributed by atoms with van der Waals surface area (Å²) in [4.78, 5) is 9.88. The fraction of sp³-hybridized carbons (Fsp3) is 0.0690. The lowest BCUT2D eigenvalue weighted by Crippen LogP contribution is -2.14. The number of nitrogens with zero attached hydrogens (tertiary/aromatic N) is 4. The fourth-order valence-corrected chi connectivity index (χ4v) is 4.54. The topological polar surface area (TPSA) is 42.5 Å². The molecule has 0 bridgehead atoms. The summed E-state index contributed by atoms with van der Waals surface area (Å²) in [5.41, 5.74) is 7.63. The SMILES string of the molecule is C/C(=N\n1c(-c2ccc(-c3ccccc3)cc2)csc1=NCc1ccccc1)c1ccncc1. The van der Waals surface area contributed by atoms with Crippen LogP contribution in [0.2, 0.25) is 0 Å². The Labute approximate surface area is 203 Å². The summed E-state index contributed by atoms with van der Waals surface area (Å²) >= 11 is 1.60. The van der Waals surface area contributed by atoms with Crippen molar-refractivity contribution in [3.8, 4) is 22.4 Å². The first-order valence-electron chi connectivity index (χ1n) is 11.1. The zero-order chi connectivity index (χ0) is 23.2. The molecule has 5 aromatic rings. The van der Waals surface area contributed by atoms with E-state index in [0.717, 1.165) is 27.3 Å². The lowest BCUT2D eigenvalue weighted by atomic mass is 10.0. The summed E-state index contributed by atoms with van der Waals surface area (Å²) in [5.74, 6) is 0. The summed E-state index contributed by atoms with van der Waals surface area (Å²) in [6.45, 7) is 2.63. The molecule has 0 aliphatic rings. The van der Waals surface area contributed by atoms with Gasteiger partial charge in [0, 0.05) is 28.9 Å². The van der Waals surface area contributed by atoms with E-state index in [0.29, 0.717) is 6.54 Å². The van der Waals surface area contributed by atoms with E-state index in [2.05, 4.69) is 71.0 Å². The lowest BCUT2D eigenvalue weighted by molar-refractivity contribution is 0.819. The number of benzene rings is 3. The van der Waals surface area contributed by atoms with Crippen molar-refractivity contribution in [1.82, 2.24) is 9.66 Å². The van der Waals surface area contributed by atoms with Gasteiger partial charge in [0.15, 0.2) is 0 Å². The summed E-state index contributed by atoms with van der Waals surface area (Å²) < 4.78 is 1.96. The van der Waals surface area contributed by atoms with Crippen LogP contribution in [0.15, 0.2) is 125 Å². The van der Waals surface area contributed by atoms with Crippen molar-refractivity contribution in [3.05, 3.63) is 131 Å². The fourth-order valence-electron chi connectivity index (χ4n) is 3.71. The van der Waals surface area contributed by atoms with E-state index < -0.39 is 0 Å². The first-order chi connectivity index (χ1) is 16.8. The van der Waals surface area contributed by atoms with E-state index in [9.17, 15) is 0 Å². The molecule has 0 atom stereocenters. The number of pyridine rings is 1. The maximum Gasteiger partial charge on any atom is 0.206 e. The number of hydrogen-bond donors (Lipinski definition) is 0. The van der Waals surface area contributed by atoms with Crippen LogP contribution in [0.4, 0.5) is 0 Å². The quantitative estimate of drug-likeness (QED) is 0.262. The summed E-state index contributed by atoms with van der Waals surface area (Å²) in [7, 11) is 0. The minimum Gasteiger partial charge on any atom is -0.265 e. The molecule has 2 heterocycles. The molecule has 4 nitrogen and oxygen atoms in total. The third-order valence-corrected chi connectivity index (χ3v) is 6.41. The average molecular weight is 461 g/mol. The normalized spacial score (nSPS) is 12.1. The van der Waals surface area contributed by atoms with Gasteiger partial charge in [0.25, 0.3) is 0 Å². The third-order valence-electron chi connectivity index (χ3n) is 5.56. The minimum atomic E-state index is 0.609. The monoisotopic (exact) mass is 460 g/mol. The van der Waals surface area contributed by atoms with Gasteiger partial charge in [-0.2, -0.15) is 5.10 Å². The average Bonchev–Trinajstić information content (AvgIpc) is 3.31. The molecular weight excluding hydrogens is 436 g/mol. The van der Waals surface area contributed by atoms with Gasteiger partial charge in [-0.05, 0) is 35.7 Å². The van der Waals surface area contributed by atoms with Crippen LogP contribution in [0.3, 0.4) is 0 Å². The summed E-state index contributed by atoms with van der Waals surface area (Å²) in [6.07, 6.45) is 3.58. The van der Waals surface area contributed by atoms with Crippen LogP contribution in [0.1, 0.15) is 18.1 Å². The second-order valence-electron chi connectivity index (χ2n) is 7.88. The third kappa shape index (κ3) is 4.95. The molecule has 0 saturated carbocycles. The Kier molecular flexibility index (Phi) is 6.54. The molecule has 0 amide bonds. The van der Waals surface area contributed by atoms with Crippen LogP contribution < -0.4 is 4.80 Å². The Balaban J connectivity index is 1.56. The predicted octanol–water partition coefficient (Wildman–Crippen LogP) is 6.65. The molecule has 0 saturated heterocycles. The van der Waals surface area contributed by atoms with Gasteiger partial charge in [0.05, 0.1) is 18.0 Å². The van der Waals surface area contributed by atoms with Gasteiger partial charge in [-0.15, -0.1) is 11.3 Å². The molecule has 0 fully saturated rings. The largest absolute Gasteiger partial charge is 0.265 e. The highest BCUT2D eigenvalue weighted by Gasteiger charge is 2.10. The van der Waals surface area contributed by atoms with Gasteiger partial charge in [-0.25, -0.2) is 4.68 Å². The van der Waals surface area contributed by atoms with E-state index >= 15 is 0 Å². The van der Waals surface area contributed by atoms with Crippen molar-refractivity contribution in [2.24, 2.45) is 10.1 Å². The molecule has 2 aromatic heterocycles. The molecule has 0 N–H and O–H groups in total. The van der Waals surface area contributed by atoms with Gasteiger partial charge in [-0.1, -0.05) is 84.9 Å². The van der Waals surface area contributed by atoms with Gasteiger partial charge in [0.2, 0.25) is 4.80 Å². The molecular formula is C29H24N4S. The number of aromatic nitrogens is 2. The molecule has 34 heavy (non-hydrogen) atoms. The Bertz CT molecular complexity index is 1450. The van der Waals surface area contributed by atoms with Crippen LogP contribution in [-0.4, -0.2) is 15.4 Å². The minimum absolute atomic E-state index is 0.609. The maximum atomic E-state index is 4.98. The molecule has 5 heteroatoms. The van der Waals surface area contributed by atoms with E-state index in [1.54, 1.807) is 23.7 Å². The highest BCUT2D eigenvalue weighted by molar-refractivity contribution is 7.07. The van der Waals surface area contributed by atoms with Crippen molar-refractivity contribution in [2.75, 3.05) is 0 Å². The lowest BCUT2D eigenvalue weighted by Gasteiger charge is -2.08. The van der Waals surface area contributed by atoms with Crippen LogP contribution in [0, 0.1) is 0 Å². The zero-order valence-corrected chi connectivity index (χ0v) is 19.7. The van der Waals surface area contributed by atoms with E-state index in [4.69, 9.17) is 10.1 Å². The van der Waals surface area contributed by atoms with Crippen molar-refractivity contribution in [2.45, 2.75) is 13.5 Å². The summed E-state index contributed by atoms with van der Waals surface area (Å²) in [6, 6.07) is 33.3. The van der Waals surface area contributed by atoms with Crippen LogP contribution in [0.5, 0.6) is 0 Å². The smallest absolute Gasteiger partial charge is 0.206 e. The van der Waals surface area contributed by atoms with Gasteiger partial charge >= 0.3 is 0 Å². The van der Waals surface area contributed by atoms with E-state index in [-0.39, 0.29) is 0 Å². The molecule has 0 aliphatic heterocycles. The molecule has 0 radical (unpaired) electrons. The second kappa shape index (κ2) is 10.2. The Hall–Kier alpha value is -4.09. The zero-order valence-electron chi connectivity index (χ0n) is 18.9. The second-order valence-corrected chi connectivity index (χ2v) is 8.72. The predicted molar refractivity (Wildman–Crippen MR) is 141 cm³/mol. The Morgan fingerprint density at radius 2 is 1.38 bits per heavy atom. The number of hydrogen-bond acceptors (Lipinski definition) is 4. The molecule has 0 spiro atoms. The van der Waals surface area contributed by atoms with Crippen molar-refractivity contribution in [1.29, 1.82) is 0 Å². The van der Waals surface area contributed by atoms with Crippen molar-refractivity contribution >= 4 is 17.0 Å². The molecule has 166 valence electrons. The highest BCUT2D eigenvalue weighted by Crippen LogP contribution is 2.25. The van der Waals surface area contributed by atoms with Gasteiger partial charge < -0.3 is 0 Å². The molecule has 3 aromatic carbocycles. The standard InChI is InChI=1S/C29H24N4S/c1-22(24-16-18-30-19-17-24)32-33-28(21-34-29(33)31-20-23-8-4-2-5-9-23)27-14-12-26(13-15-27)25-10-6-3-7-11-25/h2-19,21H,20H2,1H3/b31-29?,32-22+. The number of thiazole rings is 1. The maximum absolute atomic E-state index is 4.98. The van der Waals surface area contributed by atoms with Crippen LogP contribution in [0.25, 0.3) is 22.4 Å². The Morgan fingerprint density at radius 1 is 0.765 bits per heavy atom. The summed E-state index contributed by atoms with van der Waals surface area (Å²) in [5, 5.41) is 7.11. The highest BCUT2D eigenvalue weighted by atomic mass is 32.1.